The summed E-state index contributed by atoms with van der Waals surface area (Å²) >= 11 is 3.30. The molecule has 0 heterocycles. The van der Waals surface area contributed by atoms with Gasteiger partial charge in [0.1, 0.15) is 0 Å². The Labute approximate surface area is 130 Å². The Morgan fingerprint density at radius 2 is 1.80 bits per heavy atom. The van der Waals surface area contributed by atoms with Crippen molar-refractivity contribution in [3.8, 4) is 0 Å². The Morgan fingerprint density at radius 1 is 1.20 bits per heavy atom. The summed E-state index contributed by atoms with van der Waals surface area (Å²) in [7, 11) is 0. The molecule has 2 nitrogen and oxygen atoms in total. The summed E-state index contributed by atoms with van der Waals surface area (Å²) in [6, 6.07) is 0. The Balaban J connectivity index is 1.72. The van der Waals surface area contributed by atoms with Crippen molar-refractivity contribution < 1.29 is 4.79 Å². The summed E-state index contributed by atoms with van der Waals surface area (Å²) in [6.45, 7) is 9.25. The van der Waals surface area contributed by atoms with Gasteiger partial charge in [0.25, 0.3) is 0 Å². The molecule has 0 aromatic rings. The third-order valence-electron chi connectivity index (χ3n) is 5.75. The van der Waals surface area contributed by atoms with Gasteiger partial charge in [0.15, 0.2) is 0 Å². The third-order valence-corrected chi connectivity index (χ3v) is 6.04. The Bertz CT molecular complexity index is 440. The van der Waals surface area contributed by atoms with E-state index < -0.39 is 0 Å². The number of hydrogen-bond donors (Lipinski definition) is 1. The van der Waals surface area contributed by atoms with Crippen molar-refractivity contribution in [3.05, 3.63) is 11.1 Å². The number of carbonyl (C=O) groups is 1. The smallest absolute Gasteiger partial charge is 0.220 e. The van der Waals surface area contributed by atoms with E-state index in [0.29, 0.717) is 17.4 Å². The van der Waals surface area contributed by atoms with Crippen molar-refractivity contribution in [1.29, 1.82) is 0 Å². The van der Waals surface area contributed by atoms with Gasteiger partial charge in [0, 0.05) is 17.4 Å². The maximum absolute atomic E-state index is 12.3. The van der Waals surface area contributed by atoms with Crippen molar-refractivity contribution in [2.24, 2.45) is 22.2 Å². The van der Waals surface area contributed by atoms with Crippen LogP contribution < -0.4 is 5.32 Å². The van der Waals surface area contributed by atoms with Crippen LogP contribution >= 0.6 is 15.9 Å². The Morgan fingerprint density at radius 3 is 2.30 bits per heavy atom. The monoisotopic (exact) mass is 339 g/mol. The first-order valence-electron chi connectivity index (χ1n) is 7.82. The van der Waals surface area contributed by atoms with Crippen molar-refractivity contribution >= 4 is 21.8 Å². The van der Waals surface area contributed by atoms with Gasteiger partial charge < -0.3 is 5.32 Å². The molecule has 4 aliphatic carbocycles. The molecule has 4 fully saturated rings. The number of carbonyl (C=O) groups excluding carboxylic acids is 1. The van der Waals surface area contributed by atoms with Gasteiger partial charge in [-0.1, -0.05) is 36.4 Å². The maximum atomic E-state index is 12.3. The normalized spacial score (nSPS) is 45.5. The highest BCUT2D eigenvalue weighted by Crippen LogP contribution is 2.70. The molecular formula is C17H26BrNO. The largest absolute Gasteiger partial charge is 0.352 e. The molecule has 4 aliphatic rings. The molecule has 1 amide bonds. The predicted molar refractivity (Wildman–Crippen MR) is 85.5 cm³/mol. The molecule has 20 heavy (non-hydrogen) atoms. The minimum atomic E-state index is 0.208. The lowest BCUT2D eigenvalue weighted by atomic mass is 9.40. The van der Waals surface area contributed by atoms with Crippen LogP contribution in [0.25, 0.3) is 0 Å². The molecule has 4 bridgehead atoms. The molecule has 0 aromatic carbocycles. The molecule has 4 saturated carbocycles. The van der Waals surface area contributed by atoms with Crippen LogP contribution in [0, 0.1) is 22.2 Å². The molecule has 0 spiro atoms. The van der Waals surface area contributed by atoms with Crippen LogP contribution in [0.1, 0.15) is 58.8 Å². The third kappa shape index (κ3) is 2.70. The SMILES string of the molecule is C=C(Br)CNC(=O)CC12CC3CC(C)(CC(C)(C3)C1)C2. The van der Waals surface area contributed by atoms with Crippen LogP contribution in [-0.4, -0.2) is 12.5 Å². The average molecular weight is 340 g/mol. The quantitative estimate of drug-likeness (QED) is 0.808. The second kappa shape index (κ2) is 4.59. The molecule has 2 atom stereocenters. The number of nitrogens with one attached hydrogen (secondary N) is 1. The van der Waals surface area contributed by atoms with E-state index in [1.807, 2.05) is 0 Å². The van der Waals surface area contributed by atoms with Gasteiger partial charge >= 0.3 is 0 Å². The van der Waals surface area contributed by atoms with E-state index in [4.69, 9.17) is 0 Å². The lowest BCUT2D eigenvalue weighted by Crippen LogP contribution is -2.56. The Kier molecular flexibility index (Phi) is 3.36. The number of rotatable bonds is 4. The number of hydrogen-bond acceptors (Lipinski definition) is 1. The molecule has 0 saturated heterocycles. The van der Waals surface area contributed by atoms with Crippen molar-refractivity contribution in [2.45, 2.75) is 58.8 Å². The highest BCUT2D eigenvalue weighted by atomic mass is 79.9. The van der Waals surface area contributed by atoms with Gasteiger partial charge in [0.05, 0.1) is 0 Å². The van der Waals surface area contributed by atoms with E-state index in [2.05, 4.69) is 41.7 Å². The van der Waals surface area contributed by atoms with Gasteiger partial charge in [-0.05, 0) is 60.7 Å². The van der Waals surface area contributed by atoms with E-state index in [0.717, 1.165) is 16.8 Å². The second-order valence-electron chi connectivity index (χ2n) is 8.60. The zero-order valence-electron chi connectivity index (χ0n) is 12.7. The summed E-state index contributed by atoms with van der Waals surface area (Å²) in [5.74, 6) is 1.07. The van der Waals surface area contributed by atoms with Gasteiger partial charge in [0.2, 0.25) is 5.91 Å². The highest BCUT2D eigenvalue weighted by molar-refractivity contribution is 9.11. The summed E-state index contributed by atoms with van der Waals surface area (Å²) in [5.41, 5.74) is 1.27. The molecular weight excluding hydrogens is 314 g/mol. The standard InChI is InChI=1S/C17H26BrNO/c1-12(18)8-19-14(20)7-17-6-13-4-15(2,10-17)9-16(3,5-13)11-17/h13H,1,4-11H2,2-3H3,(H,19,20). The first-order valence-corrected chi connectivity index (χ1v) is 8.61. The zero-order valence-corrected chi connectivity index (χ0v) is 14.3. The van der Waals surface area contributed by atoms with Crippen molar-refractivity contribution in [2.75, 3.05) is 6.54 Å². The minimum absolute atomic E-state index is 0.208. The van der Waals surface area contributed by atoms with E-state index in [1.165, 1.54) is 38.5 Å². The van der Waals surface area contributed by atoms with Gasteiger partial charge in [-0.25, -0.2) is 0 Å². The zero-order chi connectivity index (χ0) is 14.6. The number of amides is 1. The predicted octanol–water partition coefficient (Wildman–Crippen LogP) is 4.40. The fourth-order valence-corrected chi connectivity index (χ4v) is 6.62. The van der Waals surface area contributed by atoms with Gasteiger partial charge in [-0.3, -0.25) is 4.79 Å². The van der Waals surface area contributed by atoms with Gasteiger partial charge in [-0.15, -0.1) is 0 Å². The molecule has 1 N–H and O–H groups in total. The van der Waals surface area contributed by atoms with Crippen molar-refractivity contribution in [3.63, 3.8) is 0 Å². The van der Waals surface area contributed by atoms with Gasteiger partial charge in [-0.2, -0.15) is 0 Å². The Hall–Kier alpha value is -0.310. The fourth-order valence-electron chi connectivity index (χ4n) is 6.48. The lowest BCUT2D eigenvalue weighted by Gasteiger charge is -2.65. The summed E-state index contributed by atoms with van der Waals surface area (Å²) < 4.78 is 0.843. The van der Waals surface area contributed by atoms with Crippen LogP contribution in [0.3, 0.4) is 0 Å². The van der Waals surface area contributed by atoms with Crippen LogP contribution in [0.4, 0.5) is 0 Å². The van der Waals surface area contributed by atoms with E-state index in [9.17, 15) is 4.79 Å². The first kappa shape index (κ1) is 14.6. The molecule has 0 radical (unpaired) electrons. The van der Waals surface area contributed by atoms with E-state index >= 15 is 0 Å². The van der Waals surface area contributed by atoms with E-state index in [-0.39, 0.29) is 11.3 Å². The maximum Gasteiger partial charge on any atom is 0.220 e. The topological polar surface area (TPSA) is 29.1 Å². The van der Waals surface area contributed by atoms with Crippen LogP contribution in [0.5, 0.6) is 0 Å². The molecule has 2 unspecified atom stereocenters. The summed E-state index contributed by atoms with van der Waals surface area (Å²) in [4.78, 5) is 12.3. The highest BCUT2D eigenvalue weighted by Gasteiger charge is 2.60. The first-order chi connectivity index (χ1) is 9.22. The number of halogens is 1. The van der Waals surface area contributed by atoms with E-state index in [1.54, 1.807) is 0 Å². The summed E-state index contributed by atoms with van der Waals surface area (Å²) in [6.07, 6.45) is 8.67. The lowest BCUT2D eigenvalue weighted by molar-refractivity contribution is -0.155. The molecule has 4 rings (SSSR count). The molecule has 112 valence electrons. The van der Waals surface area contributed by atoms with Crippen LogP contribution in [0.2, 0.25) is 0 Å². The molecule has 0 aromatic heterocycles. The fraction of sp³-hybridized carbons (Fsp3) is 0.824. The summed E-state index contributed by atoms with van der Waals surface area (Å²) in [5, 5.41) is 3.00. The second-order valence-corrected chi connectivity index (χ2v) is 9.72. The van der Waals surface area contributed by atoms with Crippen molar-refractivity contribution in [1.82, 2.24) is 5.32 Å². The average Bonchev–Trinajstić information content (AvgIpc) is 2.20. The van der Waals surface area contributed by atoms with Crippen LogP contribution in [0.15, 0.2) is 11.1 Å². The minimum Gasteiger partial charge on any atom is -0.352 e. The van der Waals surface area contributed by atoms with Crippen LogP contribution in [-0.2, 0) is 4.79 Å². The molecule has 0 aliphatic heterocycles. The molecule has 3 heteroatoms.